The molecule has 1 aliphatic rings. The van der Waals surface area contributed by atoms with E-state index in [9.17, 15) is 9.59 Å². The van der Waals surface area contributed by atoms with Gasteiger partial charge in [-0.3, -0.25) is 0 Å². The van der Waals surface area contributed by atoms with Crippen molar-refractivity contribution in [3.05, 3.63) is 69.7 Å². The van der Waals surface area contributed by atoms with Crippen LogP contribution in [0.15, 0.2) is 41.8 Å². The van der Waals surface area contributed by atoms with Crippen LogP contribution in [-0.2, 0) is 30.7 Å². The van der Waals surface area contributed by atoms with Crippen molar-refractivity contribution in [2.75, 3.05) is 39.1 Å². The smallest absolute Gasteiger partial charge is 0.349 e. The Balaban J connectivity index is 1.83. The third-order valence-corrected chi connectivity index (χ3v) is 8.56. The van der Waals surface area contributed by atoms with Crippen molar-refractivity contribution in [3.8, 4) is 11.5 Å². The highest BCUT2D eigenvalue weighted by Crippen LogP contribution is 2.45. The summed E-state index contributed by atoms with van der Waals surface area (Å²) in [5, 5.41) is 7.02. The standard InChI is InChI=1S/C34H46N4O5S/c1-9-15-42-29-25(32(2,3)4)17-23(18-26(29)33(5,6)7)34(21-39,28-20-44-31(35)37-28)30(40)43-38-14-13-36-27(19-38)22-11-10-12-24(16-22)41-8/h10-12,16-18,20-21,27,36H,9,13-15,19H2,1-8H3,(H2,35,37). The number of aldehydes is 1. The number of ether oxygens (including phenoxy) is 2. The zero-order chi connectivity index (χ0) is 32.3. The predicted octanol–water partition coefficient (Wildman–Crippen LogP) is 5.71. The number of nitrogens with zero attached hydrogens (tertiary/aromatic N) is 2. The molecule has 0 radical (unpaired) electrons. The second-order valence-electron chi connectivity index (χ2n) is 13.3. The van der Waals surface area contributed by atoms with E-state index in [4.69, 9.17) is 20.0 Å². The zero-order valence-corrected chi connectivity index (χ0v) is 28.0. The number of anilines is 1. The quantitative estimate of drug-likeness (QED) is 0.217. The number of aromatic nitrogens is 1. The van der Waals surface area contributed by atoms with Crippen LogP contribution in [0.1, 0.15) is 88.9 Å². The first kappa shape index (κ1) is 33.4. The highest BCUT2D eigenvalue weighted by molar-refractivity contribution is 7.13. The molecule has 2 aromatic carbocycles. The van der Waals surface area contributed by atoms with Gasteiger partial charge < -0.3 is 30.2 Å². The van der Waals surface area contributed by atoms with E-state index in [2.05, 4.69) is 58.8 Å². The largest absolute Gasteiger partial charge is 0.497 e. The Labute approximate surface area is 265 Å². The summed E-state index contributed by atoms with van der Waals surface area (Å²) in [6.45, 7) is 16.6. The van der Waals surface area contributed by atoms with E-state index in [1.807, 2.05) is 36.4 Å². The molecule has 238 valence electrons. The van der Waals surface area contributed by atoms with Crippen molar-refractivity contribution in [1.82, 2.24) is 15.4 Å². The van der Waals surface area contributed by atoms with Crippen LogP contribution in [-0.4, -0.2) is 55.7 Å². The summed E-state index contributed by atoms with van der Waals surface area (Å²) >= 11 is 1.18. The van der Waals surface area contributed by atoms with Crippen LogP contribution in [0.3, 0.4) is 0 Å². The average molecular weight is 623 g/mol. The van der Waals surface area contributed by atoms with Crippen LogP contribution in [0.4, 0.5) is 5.13 Å². The molecule has 2 atom stereocenters. The number of nitrogens with two attached hydrogens (primary N) is 1. The number of carbonyl (C=O) groups is 2. The fourth-order valence-corrected chi connectivity index (χ4v) is 6.04. The van der Waals surface area contributed by atoms with E-state index >= 15 is 0 Å². The Morgan fingerprint density at radius 1 is 1.14 bits per heavy atom. The van der Waals surface area contributed by atoms with Gasteiger partial charge in [-0.1, -0.05) is 60.6 Å². The summed E-state index contributed by atoms with van der Waals surface area (Å²) in [6.07, 6.45) is 1.49. The van der Waals surface area contributed by atoms with E-state index in [-0.39, 0.29) is 27.7 Å². The van der Waals surface area contributed by atoms with Crippen LogP contribution >= 0.6 is 11.3 Å². The second kappa shape index (κ2) is 13.3. The fraction of sp³-hybridized carbons (Fsp3) is 0.500. The Morgan fingerprint density at radius 3 is 2.36 bits per heavy atom. The normalized spacial score (nSPS) is 17.5. The monoisotopic (exact) mass is 622 g/mol. The molecule has 0 bridgehead atoms. The summed E-state index contributed by atoms with van der Waals surface area (Å²) in [5.41, 5.74) is 7.01. The minimum Gasteiger partial charge on any atom is -0.497 e. The van der Waals surface area contributed by atoms with Crippen molar-refractivity contribution in [2.24, 2.45) is 0 Å². The molecule has 1 aliphatic heterocycles. The molecule has 0 saturated carbocycles. The van der Waals surface area contributed by atoms with Gasteiger partial charge in [-0.25, -0.2) is 9.78 Å². The Morgan fingerprint density at radius 2 is 1.82 bits per heavy atom. The molecular formula is C34H46N4O5S. The fourth-order valence-electron chi connectivity index (χ4n) is 5.42. The van der Waals surface area contributed by atoms with E-state index in [1.54, 1.807) is 17.6 Å². The molecule has 9 nitrogen and oxygen atoms in total. The summed E-state index contributed by atoms with van der Waals surface area (Å²) in [4.78, 5) is 38.4. The number of hydrogen-bond acceptors (Lipinski definition) is 10. The SMILES string of the molecule is CCCOc1c(C(C)(C)C)cc(C(C=O)(C(=O)ON2CCNC(c3cccc(OC)c3)C2)c2csc(N)n2)cc1C(C)(C)C. The van der Waals surface area contributed by atoms with Crippen LogP contribution in [0.5, 0.6) is 11.5 Å². The lowest BCUT2D eigenvalue weighted by Gasteiger charge is -2.36. The molecule has 4 rings (SSSR count). The maximum Gasteiger partial charge on any atom is 0.349 e. The van der Waals surface area contributed by atoms with Gasteiger partial charge in [-0.05, 0) is 52.6 Å². The third-order valence-electron chi connectivity index (χ3n) is 7.88. The second-order valence-corrected chi connectivity index (χ2v) is 14.2. The number of methoxy groups -OCH3 is 1. The van der Waals surface area contributed by atoms with E-state index in [0.29, 0.717) is 38.1 Å². The van der Waals surface area contributed by atoms with Gasteiger partial charge in [0.2, 0.25) is 0 Å². The molecule has 2 unspecified atom stereocenters. The first-order chi connectivity index (χ1) is 20.7. The number of nitrogen functional groups attached to an aromatic ring is 1. The number of thiazole rings is 1. The Hall–Kier alpha value is -3.47. The lowest BCUT2D eigenvalue weighted by Crippen LogP contribution is -2.50. The predicted molar refractivity (Wildman–Crippen MR) is 174 cm³/mol. The van der Waals surface area contributed by atoms with Gasteiger partial charge >= 0.3 is 5.97 Å². The molecule has 2 heterocycles. The molecule has 1 saturated heterocycles. The maximum absolute atomic E-state index is 14.5. The molecule has 1 fully saturated rings. The van der Waals surface area contributed by atoms with Gasteiger partial charge in [0.15, 0.2) is 10.5 Å². The van der Waals surface area contributed by atoms with Crippen molar-refractivity contribution in [2.45, 2.75) is 77.2 Å². The third kappa shape index (κ3) is 6.92. The van der Waals surface area contributed by atoms with E-state index in [1.165, 1.54) is 11.3 Å². The Bertz CT molecular complexity index is 1440. The van der Waals surface area contributed by atoms with Crippen molar-refractivity contribution in [1.29, 1.82) is 0 Å². The lowest BCUT2D eigenvalue weighted by molar-refractivity contribution is -0.200. The molecule has 0 amide bonds. The average Bonchev–Trinajstić information content (AvgIpc) is 3.42. The van der Waals surface area contributed by atoms with E-state index in [0.717, 1.165) is 34.6 Å². The molecule has 0 aliphatic carbocycles. The van der Waals surface area contributed by atoms with Gasteiger partial charge in [0.25, 0.3) is 0 Å². The highest BCUT2D eigenvalue weighted by atomic mass is 32.1. The number of piperazine rings is 1. The van der Waals surface area contributed by atoms with Crippen LogP contribution in [0.25, 0.3) is 0 Å². The van der Waals surface area contributed by atoms with Crippen molar-refractivity contribution < 1.29 is 23.9 Å². The maximum atomic E-state index is 14.5. The Kier molecular flexibility index (Phi) is 10.1. The summed E-state index contributed by atoms with van der Waals surface area (Å²) < 4.78 is 11.8. The molecule has 44 heavy (non-hydrogen) atoms. The number of nitrogens with one attached hydrogen (secondary N) is 1. The van der Waals surface area contributed by atoms with Crippen LogP contribution in [0.2, 0.25) is 0 Å². The first-order valence-electron chi connectivity index (χ1n) is 15.1. The van der Waals surface area contributed by atoms with Crippen molar-refractivity contribution in [3.63, 3.8) is 0 Å². The topological polar surface area (TPSA) is 116 Å². The number of hydroxylamine groups is 2. The minimum absolute atomic E-state index is 0.109. The van der Waals surface area contributed by atoms with Gasteiger partial charge in [0.1, 0.15) is 17.8 Å². The molecule has 3 aromatic rings. The number of rotatable bonds is 10. The molecular weight excluding hydrogens is 576 g/mol. The molecule has 10 heteroatoms. The van der Waals surface area contributed by atoms with E-state index < -0.39 is 11.4 Å². The van der Waals surface area contributed by atoms with Gasteiger partial charge in [0.05, 0.1) is 26.0 Å². The molecule has 0 spiro atoms. The molecule has 3 N–H and O–H groups in total. The summed E-state index contributed by atoms with van der Waals surface area (Å²) in [7, 11) is 1.63. The summed E-state index contributed by atoms with van der Waals surface area (Å²) in [6, 6.07) is 11.5. The van der Waals surface area contributed by atoms with Gasteiger partial charge in [0, 0.05) is 35.6 Å². The molecule has 1 aromatic heterocycles. The van der Waals surface area contributed by atoms with Crippen LogP contribution in [0, 0.1) is 0 Å². The lowest BCUT2D eigenvalue weighted by atomic mass is 9.72. The van der Waals surface area contributed by atoms with Gasteiger partial charge in [-0.15, -0.1) is 16.4 Å². The summed E-state index contributed by atoms with van der Waals surface area (Å²) in [5.74, 6) is 0.797. The zero-order valence-electron chi connectivity index (χ0n) is 27.2. The van der Waals surface area contributed by atoms with Crippen LogP contribution < -0.4 is 20.5 Å². The number of benzene rings is 2. The number of hydrogen-bond donors (Lipinski definition) is 2. The van der Waals surface area contributed by atoms with Gasteiger partial charge in [-0.2, -0.15) is 0 Å². The first-order valence-corrected chi connectivity index (χ1v) is 16.0. The highest BCUT2D eigenvalue weighted by Gasteiger charge is 2.49. The minimum atomic E-state index is -1.85. The number of carbonyl (C=O) groups excluding carboxylic acids is 2. The van der Waals surface area contributed by atoms with Crippen molar-refractivity contribution >= 4 is 28.7 Å².